The van der Waals surface area contributed by atoms with Crippen molar-refractivity contribution < 1.29 is 20.1 Å². The Bertz CT molecular complexity index is 941. The molecular weight excluding hydrogens is 346 g/mol. The minimum absolute atomic E-state index is 0.0208. The highest BCUT2D eigenvalue weighted by atomic mass is 16.6. The number of rotatable bonds is 4. The van der Waals surface area contributed by atoms with E-state index in [1.54, 1.807) is 0 Å². The first kappa shape index (κ1) is 16.6. The average molecular weight is 363 g/mol. The molecule has 3 aromatic heterocycles. The number of nitrogens with two attached hydrogens (primary N) is 2. The molecule has 0 amide bonds. The smallest absolute Gasteiger partial charge is 0.204 e. The maximum atomic E-state index is 10.4. The molecule has 138 valence electrons. The molecule has 1 fully saturated rings. The molecule has 3 aromatic rings. The highest BCUT2D eigenvalue weighted by Gasteiger charge is 2.45. The molecular formula is C13H17N9O4. The molecule has 0 aromatic carbocycles. The minimum atomic E-state index is -1.28. The van der Waals surface area contributed by atoms with Crippen LogP contribution in [0.4, 0.5) is 11.8 Å². The predicted octanol–water partition coefficient (Wildman–Crippen LogP) is -2.61. The zero-order valence-corrected chi connectivity index (χ0v) is 13.4. The highest BCUT2D eigenvalue weighted by molar-refractivity contribution is 5.83. The van der Waals surface area contributed by atoms with E-state index in [1.165, 1.54) is 21.8 Å². The van der Waals surface area contributed by atoms with E-state index in [1.807, 2.05) is 0 Å². The van der Waals surface area contributed by atoms with Gasteiger partial charge in [-0.2, -0.15) is 0 Å². The van der Waals surface area contributed by atoms with Crippen molar-refractivity contribution in [1.29, 1.82) is 0 Å². The van der Waals surface area contributed by atoms with Gasteiger partial charge in [-0.05, 0) is 0 Å². The second-order valence-corrected chi connectivity index (χ2v) is 5.91. The number of nitrogens with zero attached hydrogens (tertiary/aromatic N) is 7. The molecule has 0 bridgehead atoms. The van der Waals surface area contributed by atoms with Crippen LogP contribution in [0.1, 0.15) is 11.9 Å². The SMILES string of the molecule is Nc1ncnc2c1nc(N)n2[C@@H]1O[C@H](Cn2cc(CO)nn2)[C@@H](O)[C@H]1O. The molecule has 13 nitrogen and oxygen atoms in total. The maximum absolute atomic E-state index is 10.4. The van der Waals surface area contributed by atoms with Gasteiger partial charge in [-0.25, -0.2) is 19.6 Å². The molecule has 4 heterocycles. The standard InChI is InChI=1S/C13H17N9O4/c14-10-7-11(17-4-16-10)22(13(15)18-7)12-9(25)8(24)6(26-12)2-21-1-5(3-23)19-20-21/h1,4,6,8-9,12,23-25H,2-3H2,(H2,15,18)(H2,14,16,17)/t6-,8-,9-,12-/m1/s1. The zero-order valence-electron chi connectivity index (χ0n) is 13.4. The Kier molecular flexibility index (Phi) is 3.91. The number of hydrogen-bond acceptors (Lipinski definition) is 11. The number of ether oxygens (including phenoxy) is 1. The van der Waals surface area contributed by atoms with E-state index in [4.69, 9.17) is 21.3 Å². The summed E-state index contributed by atoms with van der Waals surface area (Å²) in [5.41, 5.74) is 12.6. The van der Waals surface area contributed by atoms with Crippen molar-refractivity contribution in [2.45, 2.75) is 37.7 Å². The van der Waals surface area contributed by atoms with Crippen LogP contribution in [0.25, 0.3) is 11.2 Å². The maximum Gasteiger partial charge on any atom is 0.204 e. The molecule has 13 heteroatoms. The van der Waals surface area contributed by atoms with Gasteiger partial charge in [0.15, 0.2) is 23.2 Å². The molecule has 1 aliphatic rings. The van der Waals surface area contributed by atoms with E-state index >= 15 is 0 Å². The summed E-state index contributed by atoms with van der Waals surface area (Å²) in [7, 11) is 0. The molecule has 0 unspecified atom stereocenters. The fraction of sp³-hybridized carbons (Fsp3) is 0.462. The summed E-state index contributed by atoms with van der Waals surface area (Å²) in [5, 5.41) is 37.4. The average Bonchev–Trinajstić information content (AvgIpc) is 3.28. The van der Waals surface area contributed by atoms with Gasteiger partial charge in [0.1, 0.15) is 30.3 Å². The number of aromatic nitrogens is 7. The lowest BCUT2D eigenvalue weighted by Crippen LogP contribution is -2.34. The van der Waals surface area contributed by atoms with Crippen molar-refractivity contribution in [3.05, 3.63) is 18.2 Å². The highest BCUT2D eigenvalue weighted by Crippen LogP contribution is 2.34. The normalized spacial score (nSPS) is 26.0. The Balaban J connectivity index is 1.64. The van der Waals surface area contributed by atoms with Crippen LogP contribution in [0.5, 0.6) is 0 Å². The Morgan fingerprint density at radius 2 is 2.00 bits per heavy atom. The van der Waals surface area contributed by atoms with Crippen molar-refractivity contribution in [2.24, 2.45) is 0 Å². The minimum Gasteiger partial charge on any atom is -0.390 e. The first-order valence-electron chi connectivity index (χ1n) is 7.75. The third-order valence-electron chi connectivity index (χ3n) is 4.24. The molecule has 1 aliphatic heterocycles. The van der Waals surface area contributed by atoms with Crippen molar-refractivity contribution >= 4 is 22.9 Å². The van der Waals surface area contributed by atoms with Gasteiger partial charge >= 0.3 is 0 Å². The summed E-state index contributed by atoms with van der Waals surface area (Å²) in [4.78, 5) is 12.0. The zero-order chi connectivity index (χ0) is 18.4. The molecule has 4 atom stereocenters. The summed E-state index contributed by atoms with van der Waals surface area (Å²) < 4.78 is 8.57. The largest absolute Gasteiger partial charge is 0.390 e. The van der Waals surface area contributed by atoms with Crippen molar-refractivity contribution in [3.63, 3.8) is 0 Å². The van der Waals surface area contributed by atoms with Gasteiger partial charge in [0.05, 0.1) is 19.3 Å². The Hall–Kier alpha value is -2.87. The van der Waals surface area contributed by atoms with E-state index in [0.717, 1.165) is 0 Å². The molecule has 7 N–H and O–H groups in total. The molecule has 26 heavy (non-hydrogen) atoms. The summed E-state index contributed by atoms with van der Waals surface area (Å²) in [6, 6.07) is 0. The monoisotopic (exact) mass is 363 g/mol. The topological polar surface area (TPSA) is 196 Å². The number of nitrogen functional groups attached to an aromatic ring is 2. The summed E-state index contributed by atoms with van der Waals surface area (Å²) in [6.07, 6.45) is -1.54. The van der Waals surface area contributed by atoms with Gasteiger partial charge < -0.3 is 31.5 Å². The molecule has 0 aliphatic carbocycles. The van der Waals surface area contributed by atoms with Crippen molar-refractivity contribution in [3.8, 4) is 0 Å². The molecule has 4 rings (SSSR count). The third-order valence-corrected chi connectivity index (χ3v) is 4.24. The lowest BCUT2D eigenvalue weighted by Gasteiger charge is -2.17. The second-order valence-electron chi connectivity index (χ2n) is 5.91. The molecule has 0 spiro atoms. The van der Waals surface area contributed by atoms with Crippen LogP contribution in [-0.2, 0) is 17.9 Å². The van der Waals surface area contributed by atoms with E-state index in [2.05, 4.69) is 25.3 Å². The number of aliphatic hydroxyl groups excluding tert-OH is 3. The van der Waals surface area contributed by atoms with Gasteiger partial charge in [-0.15, -0.1) is 5.10 Å². The first-order chi connectivity index (χ1) is 12.5. The lowest BCUT2D eigenvalue weighted by atomic mass is 10.1. The van der Waals surface area contributed by atoms with Gasteiger partial charge in [-0.3, -0.25) is 4.57 Å². The van der Waals surface area contributed by atoms with Crippen molar-refractivity contribution in [2.75, 3.05) is 11.5 Å². The van der Waals surface area contributed by atoms with Gasteiger partial charge in [0.25, 0.3) is 0 Å². The molecule has 0 saturated carbocycles. The van der Waals surface area contributed by atoms with Crippen LogP contribution < -0.4 is 11.5 Å². The number of anilines is 2. The van der Waals surface area contributed by atoms with Crippen LogP contribution >= 0.6 is 0 Å². The summed E-state index contributed by atoms with van der Waals surface area (Å²) in [6.45, 7) is -0.136. The predicted molar refractivity (Wildman–Crippen MR) is 86.0 cm³/mol. The Morgan fingerprint density at radius 1 is 1.19 bits per heavy atom. The lowest BCUT2D eigenvalue weighted by molar-refractivity contribution is -0.0391. The van der Waals surface area contributed by atoms with E-state index in [9.17, 15) is 10.2 Å². The van der Waals surface area contributed by atoms with Gasteiger partial charge in [-0.1, -0.05) is 5.21 Å². The number of hydrogen-bond donors (Lipinski definition) is 5. The fourth-order valence-corrected chi connectivity index (χ4v) is 2.97. The number of imidazole rings is 1. The van der Waals surface area contributed by atoms with Crippen LogP contribution in [0.3, 0.4) is 0 Å². The quantitative estimate of drug-likeness (QED) is 0.326. The molecule has 0 radical (unpaired) electrons. The fourth-order valence-electron chi connectivity index (χ4n) is 2.97. The second kappa shape index (κ2) is 6.14. The third kappa shape index (κ3) is 2.53. The van der Waals surface area contributed by atoms with Crippen LogP contribution in [0, 0.1) is 0 Å². The van der Waals surface area contributed by atoms with E-state index in [-0.39, 0.29) is 36.1 Å². The number of aliphatic hydroxyl groups is 3. The van der Waals surface area contributed by atoms with Crippen LogP contribution in [0.2, 0.25) is 0 Å². The number of fused-ring (bicyclic) bond motifs is 1. The summed E-state index contributed by atoms with van der Waals surface area (Å²) >= 11 is 0. The van der Waals surface area contributed by atoms with Gasteiger partial charge in [0.2, 0.25) is 5.95 Å². The van der Waals surface area contributed by atoms with Crippen LogP contribution in [0.15, 0.2) is 12.5 Å². The van der Waals surface area contributed by atoms with E-state index < -0.39 is 24.5 Å². The Morgan fingerprint density at radius 3 is 2.73 bits per heavy atom. The van der Waals surface area contributed by atoms with Gasteiger partial charge in [0, 0.05) is 0 Å². The summed E-state index contributed by atoms with van der Waals surface area (Å²) in [5.74, 6) is 0.164. The molecule has 1 saturated heterocycles. The first-order valence-corrected chi connectivity index (χ1v) is 7.75. The Labute approximate surface area is 145 Å². The van der Waals surface area contributed by atoms with Crippen molar-refractivity contribution in [1.82, 2.24) is 34.5 Å². The van der Waals surface area contributed by atoms with E-state index in [0.29, 0.717) is 5.69 Å². The van der Waals surface area contributed by atoms with Crippen LogP contribution in [-0.4, -0.2) is 68.1 Å².